The highest BCUT2D eigenvalue weighted by Crippen LogP contribution is 2.22. The molecule has 26 heavy (non-hydrogen) atoms. The number of pyridine rings is 1. The Morgan fingerprint density at radius 3 is 2.23 bits per heavy atom. The Kier molecular flexibility index (Phi) is 5.15. The maximum atomic E-state index is 12.6. The molecule has 1 heterocycles. The number of hydrogen-bond donors (Lipinski definition) is 2. The van der Waals surface area contributed by atoms with Crippen molar-refractivity contribution in [2.45, 2.75) is 18.7 Å². The van der Waals surface area contributed by atoms with Crippen molar-refractivity contribution >= 4 is 38.8 Å². The summed E-state index contributed by atoms with van der Waals surface area (Å²) in [5.74, 6) is 0.599. The molecule has 0 bridgehead atoms. The molecular formula is C19H18ClN3O2S. The van der Waals surface area contributed by atoms with Gasteiger partial charge in [-0.05, 0) is 61.9 Å². The maximum absolute atomic E-state index is 12.6. The minimum atomic E-state index is -3.66. The van der Waals surface area contributed by atoms with Crippen LogP contribution in [0.5, 0.6) is 0 Å². The quantitative estimate of drug-likeness (QED) is 0.653. The molecule has 0 spiro atoms. The number of halogens is 1. The van der Waals surface area contributed by atoms with Crippen molar-refractivity contribution in [1.82, 2.24) is 4.98 Å². The molecule has 0 saturated heterocycles. The second-order valence-electron chi connectivity index (χ2n) is 5.94. The van der Waals surface area contributed by atoms with E-state index in [0.717, 1.165) is 11.3 Å². The number of anilines is 3. The van der Waals surface area contributed by atoms with Crippen molar-refractivity contribution in [2.24, 2.45) is 0 Å². The third-order valence-electron chi connectivity index (χ3n) is 3.75. The fourth-order valence-corrected chi connectivity index (χ4v) is 3.92. The van der Waals surface area contributed by atoms with Gasteiger partial charge in [-0.3, -0.25) is 4.72 Å². The normalized spacial score (nSPS) is 11.2. The zero-order valence-electron chi connectivity index (χ0n) is 14.3. The summed E-state index contributed by atoms with van der Waals surface area (Å²) in [6, 6.07) is 15.8. The molecule has 0 aliphatic heterocycles. The predicted octanol–water partition coefficient (Wildman–Crippen LogP) is 4.90. The molecular weight excluding hydrogens is 370 g/mol. The first kappa shape index (κ1) is 18.2. The van der Waals surface area contributed by atoms with Gasteiger partial charge in [-0.1, -0.05) is 29.3 Å². The third-order valence-corrected chi connectivity index (χ3v) is 5.55. The molecule has 0 aliphatic rings. The van der Waals surface area contributed by atoms with Gasteiger partial charge in [0.25, 0.3) is 10.0 Å². The van der Waals surface area contributed by atoms with Crippen molar-refractivity contribution in [3.05, 3.63) is 76.9 Å². The maximum Gasteiger partial charge on any atom is 0.262 e. The average Bonchev–Trinajstić information content (AvgIpc) is 2.58. The Balaban J connectivity index is 1.75. The zero-order chi connectivity index (χ0) is 18.7. The monoisotopic (exact) mass is 387 g/mol. The number of aromatic nitrogens is 1. The van der Waals surface area contributed by atoms with E-state index < -0.39 is 10.0 Å². The first-order chi connectivity index (χ1) is 12.3. The van der Waals surface area contributed by atoms with E-state index in [9.17, 15) is 8.42 Å². The Labute approximate surface area is 158 Å². The van der Waals surface area contributed by atoms with Crippen LogP contribution in [0.15, 0.2) is 65.7 Å². The van der Waals surface area contributed by atoms with E-state index in [-0.39, 0.29) is 4.90 Å². The molecule has 1 aromatic heterocycles. The van der Waals surface area contributed by atoms with E-state index >= 15 is 0 Å². The van der Waals surface area contributed by atoms with E-state index in [0.29, 0.717) is 22.1 Å². The van der Waals surface area contributed by atoms with Gasteiger partial charge in [0.2, 0.25) is 0 Å². The van der Waals surface area contributed by atoms with Crippen molar-refractivity contribution in [2.75, 3.05) is 10.0 Å². The van der Waals surface area contributed by atoms with Crippen LogP contribution in [0.4, 0.5) is 17.2 Å². The SMILES string of the molecule is Cc1ccc(S(=O)(=O)Nc2ccc(Nc3ccc(Cl)cc3)nc2)c(C)c1. The number of nitrogens with zero attached hydrogens (tertiary/aromatic N) is 1. The summed E-state index contributed by atoms with van der Waals surface area (Å²) in [5, 5.41) is 3.77. The third kappa shape index (κ3) is 4.33. The van der Waals surface area contributed by atoms with Crippen LogP contribution in [0, 0.1) is 13.8 Å². The van der Waals surface area contributed by atoms with E-state index in [1.165, 1.54) is 6.20 Å². The molecule has 0 aliphatic carbocycles. The molecule has 2 N–H and O–H groups in total. The van der Waals surface area contributed by atoms with Gasteiger partial charge < -0.3 is 5.32 Å². The second-order valence-corrected chi connectivity index (χ2v) is 8.03. The summed E-state index contributed by atoms with van der Waals surface area (Å²) in [6.07, 6.45) is 1.47. The van der Waals surface area contributed by atoms with Crippen molar-refractivity contribution in [3.8, 4) is 0 Å². The fraction of sp³-hybridized carbons (Fsp3) is 0.105. The zero-order valence-corrected chi connectivity index (χ0v) is 15.9. The van der Waals surface area contributed by atoms with Crippen molar-refractivity contribution < 1.29 is 8.42 Å². The van der Waals surface area contributed by atoms with Gasteiger partial charge in [0, 0.05) is 10.7 Å². The largest absolute Gasteiger partial charge is 0.340 e. The lowest BCUT2D eigenvalue weighted by molar-refractivity contribution is 0.600. The van der Waals surface area contributed by atoms with Crippen LogP contribution in [0.1, 0.15) is 11.1 Å². The highest BCUT2D eigenvalue weighted by Gasteiger charge is 2.17. The van der Waals surface area contributed by atoms with Crippen LogP contribution < -0.4 is 10.0 Å². The molecule has 3 aromatic rings. The molecule has 5 nitrogen and oxygen atoms in total. The molecule has 0 saturated carbocycles. The average molecular weight is 388 g/mol. The molecule has 0 amide bonds. The standard InChI is InChI=1S/C19H18ClN3O2S/c1-13-3-9-18(14(2)11-13)26(24,25)23-17-8-10-19(21-12-17)22-16-6-4-15(20)5-7-16/h3-12,23H,1-2H3,(H,21,22). The van der Waals surface area contributed by atoms with Crippen LogP contribution in [-0.2, 0) is 10.0 Å². The van der Waals surface area contributed by atoms with Gasteiger partial charge >= 0.3 is 0 Å². The second kappa shape index (κ2) is 7.35. The number of nitrogens with one attached hydrogen (secondary N) is 2. The molecule has 3 rings (SSSR count). The van der Waals surface area contributed by atoms with Gasteiger partial charge in [0.05, 0.1) is 16.8 Å². The van der Waals surface area contributed by atoms with Crippen LogP contribution in [0.3, 0.4) is 0 Å². The van der Waals surface area contributed by atoms with Crippen molar-refractivity contribution in [3.63, 3.8) is 0 Å². The lowest BCUT2D eigenvalue weighted by Gasteiger charge is -2.11. The van der Waals surface area contributed by atoms with Crippen LogP contribution in [-0.4, -0.2) is 13.4 Å². The number of rotatable bonds is 5. The Morgan fingerprint density at radius 2 is 1.62 bits per heavy atom. The van der Waals surface area contributed by atoms with Gasteiger partial charge in [0.1, 0.15) is 5.82 Å². The van der Waals surface area contributed by atoms with Crippen LogP contribution >= 0.6 is 11.6 Å². The highest BCUT2D eigenvalue weighted by molar-refractivity contribution is 7.92. The first-order valence-corrected chi connectivity index (χ1v) is 9.78. The molecule has 0 atom stereocenters. The molecule has 0 unspecified atom stereocenters. The van der Waals surface area contributed by atoms with E-state index in [2.05, 4.69) is 15.0 Å². The number of sulfonamides is 1. The van der Waals surface area contributed by atoms with E-state index in [1.807, 2.05) is 25.1 Å². The molecule has 0 fully saturated rings. The van der Waals surface area contributed by atoms with Gasteiger partial charge in [-0.25, -0.2) is 13.4 Å². The number of hydrogen-bond acceptors (Lipinski definition) is 4. The van der Waals surface area contributed by atoms with Gasteiger partial charge in [-0.15, -0.1) is 0 Å². The summed E-state index contributed by atoms with van der Waals surface area (Å²) in [5.41, 5.74) is 2.95. The molecule has 0 radical (unpaired) electrons. The summed E-state index contributed by atoms with van der Waals surface area (Å²) < 4.78 is 27.7. The lowest BCUT2D eigenvalue weighted by atomic mass is 10.2. The van der Waals surface area contributed by atoms with E-state index in [4.69, 9.17) is 11.6 Å². The molecule has 7 heteroatoms. The van der Waals surface area contributed by atoms with E-state index in [1.54, 1.807) is 43.3 Å². The number of benzene rings is 2. The van der Waals surface area contributed by atoms with Gasteiger partial charge in [-0.2, -0.15) is 0 Å². The summed E-state index contributed by atoms with van der Waals surface area (Å²) in [4.78, 5) is 4.50. The van der Waals surface area contributed by atoms with Gasteiger partial charge in [0.15, 0.2) is 0 Å². The smallest absolute Gasteiger partial charge is 0.262 e. The minimum Gasteiger partial charge on any atom is -0.340 e. The van der Waals surface area contributed by atoms with Crippen LogP contribution in [0.2, 0.25) is 5.02 Å². The summed E-state index contributed by atoms with van der Waals surface area (Å²) in [6.45, 7) is 3.70. The number of aryl methyl sites for hydroxylation is 2. The molecule has 2 aromatic carbocycles. The topological polar surface area (TPSA) is 71.1 Å². The Hall–Kier alpha value is -2.57. The fourth-order valence-electron chi connectivity index (χ4n) is 2.52. The minimum absolute atomic E-state index is 0.256. The predicted molar refractivity (Wildman–Crippen MR) is 106 cm³/mol. The summed E-state index contributed by atoms with van der Waals surface area (Å²) >= 11 is 5.86. The highest BCUT2D eigenvalue weighted by atomic mass is 35.5. The lowest BCUT2D eigenvalue weighted by Crippen LogP contribution is -2.14. The van der Waals surface area contributed by atoms with Crippen LogP contribution in [0.25, 0.3) is 0 Å². The summed E-state index contributed by atoms with van der Waals surface area (Å²) in [7, 11) is -3.66. The molecule has 134 valence electrons. The Bertz CT molecular complexity index is 1020. The van der Waals surface area contributed by atoms with Crippen molar-refractivity contribution in [1.29, 1.82) is 0 Å². The first-order valence-electron chi connectivity index (χ1n) is 7.92. The Morgan fingerprint density at radius 1 is 0.923 bits per heavy atom.